The summed E-state index contributed by atoms with van der Waals surface area (Å²) >= 11 is 0. The van der Waals surface area contributed by atoms with E-state index in [1.165, 1.54) is 25.3 Å². The lowest BCUT2D eigenvalue weighted by Crippen LogP contribution is -2.05. The van der Waals surface area contributed by atoms with Gasteiger partial charge in [0.05, 0.1) is 13.2 Å². The lowest BCUT2D eigenvalue weighted by atomic mass is 9.94. The number of benzene rings is 3. The smallest absolute Gasteiger partial charge is 0.201 e. The van der Waals surface area contributed by atoms with Gasteiger partial charge in [0.1, 0.15) is 5.75 Å². The van der Waals surface area contributed by atoms with E-state index in [2.05, 4.69) is 20.8 Å². The number of halogens is 2. The summed E-state index contributed by atoms with van der Waals surface area (Å²) in [6, 6.07) is 18.3. The van der Waals surface area contributed by atoms with Crippen LogP contribution in [-0.2, 0) is 4.74 Å². The van der Waals surface area contributed by atoms with Crippen LogP contribution in [0.1, 0.15) is 72.1 Å². The molecule has 0 atom stereocenters. The Morgan fingerprint density at radius 2 is 1.26 bits per heavy atom. The lowest BCUT2D eigenvalue weighted by molar-refractivity contribution is 0.104. The molecule has 0 aliphatic carbocycles. The fourth-order valence-electron chi connectivity index (χ4n) is 4.43. The van der Waals surface area contributed by atoms with Gasteiger partial charge in [0.2, 0.25) is 5.82 Å². The van der Waals surface area contributed by atoms with E-state index in [0.717, 1.165) is 62.2 Å². The van der Waals surface area contributed by atoms with Gasteiger partial charge in [0, 0.05) is 18.8 Å². The van der Waals surface area contributed by atoms with Gasteiger partial charge in [-0.3, -0.25) is 0 Å². The molecule has 0 heterocycles. The second-order valence-corrected chi connectivity index (χ2v) is 10.4. The first kappa shape index (κ1) is 30.6. The Kier molecular flexibility index (Phi) is 13.3. The van der Waals surface area contributed by atoms with E-state index in [4.69, 9.17) is 14.2 Å². The molecule has 0 aliphatic heterocycles. The fourth-order valence-corrected chi connectivity index (χ4v) is 4.43. The maximum absolute atomic E-state index is 15.2. The maximum Gasteiger partial charge on any atom is 0.201 e. The summed E-state index contributed by atoms with van der Waals surface area (Å²) in [4.78, 5) is 0. The van der Waals surface area contributed by atoms with Crippen LogP contribution in [-0.4, -0.2) is 26.4 Å². The Hall–Kier alpha value is -2.92. The predicted octanol–water partition coefficient (Wildman–Crippen LogP) is 9.87. The van der Waals surface area contributed by atoms with E-state index in [0.29, 0.717) is 24.7 Å². The van der Waals surface area contributed by atoms with Gasteiger partial charge in [0.15, 0.2) is 11.6 Å². The van der Waals surface area contributed by atoms with Crippen LogP contribution < -0.4 is 9.47 Å². The summed E-state index contributed by atoms with van der Waals surface area (Å²) in [5.41, 5.74) is 2.58. The van der Waals surface area contributed by atoms with Crippen LogP contribution in [0.15, 0.2) is 60.7 Å². The summed E-state index contributed by atoms with van der Waals surface area (Å²) in [5.74, 6) is -0.529. The van der Waals surface area contributed by atoms with Crippen LogP contribution in [0.2, 0.25) is 0 Å². The third-order valence-electron chi connectivity index (χ3n) is 6.59. The Labute approximate surface area is 233 Å². The van der Waals surface area contributed by atoms with Crippen molar-refractivity contribution in [3.8, 4) is 33.8 Å². The van der Waals surface area contributed by atoms with Gasteiger partial charge < -0.3 is 14.2 Å². The van der Waals surface area contributed by atoms with Crippen molar-refractivity contribution in [2.24, 2.45) is 5.92 Å². The molecule has 212 valence electrons. The number of rotatable bonds is 18. The van der Waals surface area contributed by atoms with Crippen molar-refractivity contribution in [2.45, 2.75) is 72.1 Å². The first-order valence-electron chi connectivity index (χ1n) is 14.5. The number of hydrogen-bond acceptors (Lipinski definition) is 3. The molecule has 39 heavy (non-hydrogen) atoms. The highest BCUT2D eigenvalue weighted by atomic mass is 19.2. The second-order valence-electron chi connectivity index (χ2n) is 10.4. The van der Waals surface area contributed by atoms with Gasteiger partial charge in [-0.25, -0.2) is 4.39 Å². The van der Waals surface area contributed by atoms with E-state index in [1.54, 1.807) is 6.07 Å². The molecule has 0 radical (unpaired) electrons. The van der Waals surface area contributed by atoms with E-state index in [-0.39, 0.29) is 11.3 Å². The molecule has 0 unspecified atom stereocenters. The van der Waals surface area contributed by atoms with Gasteiger partial charge in [-0.2, -0.15) is 4.39 Å². The first-order valence-corrected chi connectivity index (χ1v) is 14.5. The SMILES string of the molecule is CCCCCCCCOc1ccc(-c2ccccc2-c2ccc(OCCCCOCC(C)C)cc2)c(F)c1F. The fraction of sp³-hybridized carbons (Fsp3) is 0.471. The van der Waals surface area contributed by atoms with E-state index in [9.17, 15) is 4.39 Å². The summed E-state index contributed by atoms with van der Waals surface area (Å²) in [6.45, 7) is 9.02. The topological polar surface area (TPSA) is 27.7 Å². The van der Waals surface area contributed by atoms with Crippen LogP contribution >= 0.6 is 0 Å². The van der Waals surface area contributed by atoms with Crippen LogP contribution in [0.3, 0.4) is 0 Å². The van der Waals surface area contributed by atoms with Crippen molar-refractivity contribution in [3.05, 3.63) is 72.3 Å². The molecule has 0 fully saturated rings. The Morgan fingerprint density at radius 3 is 2.00 bits per heavy atom. The van der Waals surface area contributed by atoms with Crippen molar-refractivity contribution < 1.29 is 23.0 Å². The molecule has 3 aromatic carbocycles. The Bertz CT molecular complexity index is 1110. The van der Waals surface area contributed by atoms with Crippen molar-refractivity contribution >= 4 is 0 Å². The molecule has 0 bridgehead atoms. The molecule has 0 spiro atoms. The largest absolute Gasteiger partial charge is 0.494 e. The number of hydrogen-bond donors (Lipinski definition) is 0. The standard InChI is InChI=1S/C34H44F2O3/c1-4-5-6-7-8-11-24-39-32-21-20-31(33(35)34(32)36)30-15-10-9-14-29(30)27-16-18-28(19-17-27)38-23-13-12-22-37-25-26(2)3/h9-10,14-21,26H,4-8,11-13,22-25H2,1-3H3. The quantitative estimate of drug-likeness (QED) is 0.151. The van der Waals surface area contributed by atoms with Crippen molar-refractivity contribution in [1.29, 1.82) is 0 Å². The highest BCUT2D eigenvalue weighted by Crippen LogP contribution is 2.36. The minimum atomic E-state index is -0.938. The first-order chi connectivity index (χ1) is 19.0. The third-order valence-corrected chi connectivity index (χ3v) is 6.59. The van der Waals surface area contributed by atoms with E-state index >= 15 is 4.39 Å². The highest BCUT2D eigenvalue weighted by molar-refractivity contribution is 5.84. The molecule has 3 nitrogen and oxygen atoms in total. The second kappa shape index (κ2) is 16.9. The molecular formula is C34H44F2O3. The molecule has 3 aromatic rings. The average molecular weight is 539 g/mol. The Morgan fingerprint density at radius 1 is 0.615 bits per heavy atom. The average Bonchev–Trinajstić information content (AvgIpc) is 2.94. The normalized spacial score (nSPS) is 11.2. The minimum absolute atomic E-state index is 0.0322. The van der Waals surface area contributed by atoms with Crippen molar-refractivity contribution in [1.82, 2.24) is 0 Å². The Balaban J connectivity index is 1.59. The summed E-state index contributed by atoms with van der Waals surface area (Å²) in [6.07, 6.45) is 8.54. The van der Waals surface area contributed by atoms with E-state index < -0.39 is 11.6 Å². The van der Waals surface area contributed by atoms with Gasteiger partial charge >= 0.3 is 0 Å². The van der Waals surface area contributed by atoms with Crippen LogP contribution in [0.4, 0.5) is 8.78 Å². The van der Waals surface area contributed by atoms with Crippen LogP contribution in [0, 0.1) is 17.6 Å². The molecule has 0 saturated carbocycles. The highest BCUT2D eigenvalue weighted by Gasteiger charge is 2.18. The van der Waals surface area contributed by atoms with Gasteiger partial charge in [-0.15, -0.1) is 0 Å². The van der Waals surface area contributed by atoms with Gasteiger partial charge in [0.25, 0.3) is 0 Å². The molecule has 3 rings (SSSR count). The van der Waals surface area contributed by atoms with Crippen LogP contribution in [0.25, 0.3) is 22.3 Å². The minimum Gasteiger partial charge on any atom is -0.494 e. The summed E-state index contributed by atoms with van der Waals surface area (Å²) in [5, 5.41) is 0. The van der Waals surface area contributed by atoms with Gasteiger partial charge in [-0.05, 0) is 66.1 Å². The zero-order valence-electron chi connectivity index (χ0n) is 23.8. The molecule has 0 aliphatic rings. The molecule has 0 N–H and O–H groups in total. The molecular weight excluding hydrogens is 494 g/mol. The van der Waals surface area contributed by atoms with Crippen molar-refractivity contribution in [2.75, 3.05) is 26.4 Å². The maximum atomic E-state index is 15.2. The summed E-state index contributed by atoms with van der Waals surface area (Å²) in [7, 11) is 0. The summed E-state index contributed by atoms with van der Waals surface area (Å²) < 4.78 is 47.2. The third kappa shape index (κ3) is 9.96. The van der Waals surface area contributed by atoms with Crippen molar-refractivity contribution in [3.63, 3.8) is 0 Å². The molecule has 0 saturated heterocycles. The molecule has 5 heteroatoms. The number of unbranched alkanes of at least 4 members (excludes halogenated alkanes) is 6. The van der Waals surface area contributed by atoms with Gasteiger partial charge in [-0.1, -0.05) is 89.3 Å². The predicted molar refractivity (Wildman–Crippen MR) is 156 cm³/mol. The monoisotopic (exact) mass is 538 g/mol. The molecule has 0 amide bonds. The molecule has 0 aromatic heterocycles. The number of ether oxygens (including phenoxy) is 3. The zero-order chi connectivity index (χ0) is 27.9. The zero-order valence-corrected chi connectivity index (χ0v) is 23.8. The lowest BCUT2D eigenvalue weighted by Gasteiger charge is -2.14. The van der Waals surface area contributed by atoms with Crippen LogP contribution in [0.5, 0.6) is 11.5 Å². The van der Waals surface area contributed by atoms with E-state index in [1.807, 2.05) is 48.5 Å².